The molecule has 0 aromatic carbocycles. The Morgan fingerprint density at radius 2 is 1.73 bits per heavy atom. The number of thiocarbonyl (C=S) groups is 1. The largest absolute Gasteiger partial charge is 0.363 e. The molecule has 0 saturated heterocycles. The van der Waals surface area contributed by atoms with Crippen molar-refractivity contribution in [1.82, 2.24) is 9.21 Å². The third kappa shape index (κ3) is 4.61. The lowest BCUT2D eigenvalue weighted by Crippen LogP contribution is -2.23. The quantitative estimate of drug-likeness (QED) is 0.497. The van der Waals surface area contributed by atoms with Crippen molar-refractivity contribution >= 4 is 28.5 Å². The molecule has 0 radical (unpaired) electrons. The van der Waals surface area contributed by atoms with Crippen LogP contribution in [0.4, 0.5) is 0 Å². The molecule has 0 heterocycles. The smallest absolute Gasteiger partial charge is 0.151 e. The van der Waals surface area contributed by atoms with Gasteiger partial charge in [0.15, 0.2) is 4.32 Å². The summed E-state index contributed by atoms with van der Waals surface area (Å²) in [5.74, 6) is 0. The van der Waals surface area contributed by atoms with Crippen LogP contribution in [0.2, 0.25) is 0 Å². The van der Waals surface area contributed by atoms with Crippen LogP contribution in [0, 0.1) is 0 Å². The molecule has 0 aliphatic rings. The summed E-state index contributed by atoms with van der Waals surface area (Å²) in [6, 6.07) is 0. The van der Waals surface area contributed by atoms with E-state index in [1.165, 1.54) is 0 Å². The molecule has 0 atom stereocenters. The van der Waals surface area contributed by atoms with Gasteiger partial charge in [0, 0.05) is 27.2 Å². The standard InChI is InChI=1S/C7H16N2S2/c1-5-9(6-2)11-7(10)8(3)4/h5-6H2,1-4H3. The van der Waals surface area contributed by atoms with E-state index in [9.17, 15) is 0 Å². The molecule has 0 saturated carbocycles. The third-order valence-electron chi connectivity index (χ3n) is 1.28. The van der Waals surface area contributed by atoms with Crippen LogP contribution in [0.1, 0.15) is 13.8 Å². The van der Waals surface area contributed by atoms with Crippen molar-refractivity contribution < 1.29 is 0 Å². The van der Waals surface area contributed by atoms with Crippen LogP contribution in [0.3, 0.4) is 0 Å². The molecular weight excluding hydrogens is 176 g/mol. The minimum absolute atomic E-state index is 0.925. The molecule has 0 bridgehead atoms. The van der Waals surface area contributed by atoms with Gasteiger partial charge < -0.3 is 4.90 Å². The molecule has 0 rings (SSSR count). The van der Waals surface area contributed by atoms with Crippen molar-refractivity contribution in [3.05, 3.63) is 0 Å². The maximum atomic E-state index is 5.13. The van der Waals surface area contributed by atoms with Gasteiger partial charge in [0.05, 0.1) is 0 Å². The Kier molecular flexibility index (Phi) is 5.91. The van der Waals surface area contributed by atoms with Gasteiger partial charge in [0.1, 0.15) is 0 Å². The lowest BCUT2D eigenvalue weighted by atomic mass is 10.7. The molecule has 0 fully saturated rings. The van der Waals surface area contributed by atoms with Gasteiger partial charge in [0.2, 0.25) is 0 Å². The molecule has 0 aliphatic carbocycles. The lowest BCUT2D eigenvalue weighted by molar-refractivity contribution is 0.526. The van der Waals surface area contributed by atoms with Crippen molar-refractivity contribution in [2.24, 2.45) is 0 Å². The summed E-state index contributed by atoms with van der Waals surface area (Å²) in [6.45, 7) is 6.34. The summed E-state index contributed by atoms with van der Waals surface area (Å²) in [5, 5.41) is 0. The van der Waals surface area contributed by atoms with E-state index >= 15 is 0 Å². The van der Waals surface area contributed by atoms with Gasteiger partial charge in [-0.2, -0.15) is 0 Å². The van der Waals surface area contributed by atoms with Gasteiger partial charge in [-0.25, -0.2) is 4.31 Å². The fraction of sp³-hybridized carbons (Fsp3) is 0.857. The highest BCUT2D eigenvalue weighted by Crippen LogP contribution is 2.12. The van der Waals surface area contributed by atoms with E-state index in [-0.39, 0.29) is 0 Å². The van der Waals surface area contributed by atoms with E-state index in [0.717, 1.165) is 17.4 Å². The highest BCUT2D eigenvalue weighted by Gasteiger charge is 2.05. The van der Waals surface area contributed by atoms with Gasteiger partial charge in [-0.15, -0.1) is 0 Å². The molecule has 0 aromatic heterocycles. The Balaban J connectivity index is 3.72. The van der Waals surface area contributed by atoms with Crippen LogP contribution < -0.4 is 0 Å². The topological polar surface area (TPSA) is 6.48 Å². The maximum Gasteiger partial charge on any atom is 0.151 e. The van der Waals surface area contributed by atoms with Gasteiger partial charge >= 0.3 is 0 Å². The van der Waals surface area contributed by atoms with Crippen LogP contribution in [0.5, 0.6) is 0 Å². The minimum atomic E-state index is 0.925. The monoisotopic (exact) mass is 192 g/mol. The number of rotatable bonds is 3. The first-order valence-corrected chi connectivity index (χ1v) is 4.94. The summed E-state index contributed by atoms with van der Waals surface area (Å²) in [4.78, 5) is 1.96. The fourth-order valence-corrected chi connectivity index (χ4v) is 1.50. The summed E-state index contributed by atoms with van der Waals surface area (Å²) in [6.07, 6.45) is 0. The second kappa shape index (κ2) is 5.80. The van der Waals surface area contributed by atoms with Crippen LogP contribution in [-0.2, 0) is 0 Å². The Hall–Kier alpha value is 0.200. The average molecular weight is 192 g/mol. The molecule has 0 aliphatic heterocycles. The predicted molar refractivity (Wildman–Crippen MR) is 56.8 cm³/mol. The first-order valence-electron chi connectivity index (χ1n) is 3.76. The second-order valence-corrected chi connectivity index (χ2v) is 4.10. The summed E-state index contributed by atoms with van der Waals surface area (Å²) < 4.78 is 3.15. The highest BCUT2D eigenvalue weighted by molar-refractivity contribution is 8.21. The molecule has 0 spiro atoms. The SMILES string of the molecule is CCN(CC)SC(=S)N(C)C. The summed E-state index contributed by atoms with van der Waals surface area (Å²) >= 11 is 6.78. The Morgan fingerprint density at radius 1 is 1.27 bits per heavy atom. The first-order chi connectivity index (χ1) is 5.11. The zero-order valence-corrected chi connectivity index (χ0v) is 9.26. The molecule has 4 heteroatoms. The lowest BCUT2D eigenvalue weighted by Gasteiger charge is -2.20. The number of hydrogen-bond acceptors (Lipinski definition) is 3. The average Bonchev–Trinajstić information content (AvgIpc) is 1.99. The zero-order valence-electron chi connectivity index (χ0n) is 7.63. The molecule has 11 heavy (non-hydrogen) atoms. The van der Waals surface area contributed by atoms with E-state index in [0.29, 0.717) is 0 Å². The van der Waals surface area contributed by atoms with Gasteiger partial charge in [-0.1, -0.05) is 26.1 Å². The van der Waals surface area contributed by atoms with Crippen molar-refractivity contribution in [1.29, 1.82) is 0 Å². The van der Waals surface area contributed by atoms with Crippen molar-refractivity contribution in [2.75, 3.05) is 27.2 Å². The van der Waals surface area contributed by atoms with E-state index in [2.05, 4.69) is 18.2 Å². The Morgan fingerprint density at radius 3 is 2.00 bits per heavy atom. The van der Waals surface area contributed by atoms with Crippen LogP contribution in [0.15, 0.2) is 0 Å². The van der Waals surface area contributed by atoms with Crippen LogP contribution in [0.25, 0.3) is 0 Å². The number of hydrogen-bond donors (Lipinski definition) is 0. The Bertz CT molecular complexity index is 122. The van der Waals surface area contributed by atoms with E-state index in [1.807, 2.05) is 19.0 Å². The second-order valence-electron chi connectivity index (χ2n) is 2.37. The number of nitrogens with zero attached hydrogens (tertiary/aromatic N) is 2. The Labute approximate surface area is 79.1 Å². The molecule has 0 aromatic rings. The highest BCUT2D eigenvalue weighted by atomic mass is 32.2. The molecule has 0 N–H and O–H groups in total. The molecule has 66 valence electrons. The summed E-state index contributed by atoms with van der Waals surface area (Å²) in [5.41, 5.74) is 0. The predicted octanol–water partition coefficient (Wildman–Crippen LogP) is 1.82. The maximum absolute atomic E-state index is 5.13. The van der Waals surface area contributed by atoms with Crippen molar-refractivity contribution in [3.63, 3.8) is 0 Å². The van der Waals surface area contributed by atoms with Crippen molar-refractivity contribution in [2.45, 2.75) is 13.8 Å². The van der Waals surface area contributed by atoms with Gasteiger partial charge in [-0.05, 0) is 11.9 Å². The van der Waals surface area contributed by atoms with Gasteiger partial charge in [-0.3, -0.25) is 0 Å². The fourth-order valence-electron chi connectivity index (χ4n) is 0.545. The zero-order chi connectivity index (χ0) is 8.85. The molecule has 0 amide bonds. The molecule has 2 nitrogen and oxygen atoms in total. The van der Waals surface area contributed by atoms with E-state index in [4.69, 9.17) is 12.2 Å². The first kappa shape index (κ1) is 11.2. The van der Waals surface area contributed by atoms with Crippen LogP contribution >= 0.6 is 24.2 Å². The normalized spacial score (nSPS) is 10.3. The van der Waals surface area contributed by atoms with E-state index < -0.39 is 0 Å². The van der Waals surface area contributed by atoms with Crippen LogP contribution in [-0.4, -0.2) is 40.7 Å². The molecule has 0 unspecified atom stereocenters. The minimum Gasteiger partial charge on any atom is -0.363 e. The van der Waals surface area contributed by atoms with Gasteiger partial charge in [0.25, 0.3) is 0 Å². The summed E-state index contributed by atoms with van der Waals surface area (Å²) in [7, 11) is 3.94. The molecular formula is C7H16N2S2. The van der Waals surface area contributed by atoms with E-state index in [1.54, 1.807) is 11.9 Å². The van der Waals surface area contributed by atoms with Crippen molar-refractivity contribution in [3.8, 4) is 0 Å². The third-order valence-corrected chi connectivity index (χ3v) is 3.16.